The van der Waals surface area contributed by atoms with Crippen molar-refractivity contribution in [3.63, 3.8) is 0 Å². The average molecular weight is 327 g/mol. The Kier molecular flexibility index (Phi) is 4.88. The zero-order chi connectivity index (χ0) is 17.0. The normalized spacial score (nSPS) is 11.2. The fourth-order valence-electron chi connectivity index (χ4n) is 1.92. The highest BCUT2D eigenvalue weighted by atomic mass is 19.4. The monoisotopic (exact) mass is 327 g/mol. The molecule has 0 aliphatic heterocycles. The van der Waals surface area contributed by atoms with Gasteiger partial charge in [-0.15, -0.1) is 0 Å². The Morgan fingerprint density at radius 3 is 2.35 bits per heavy atom. The topological polar surface area (TPSA) is 38.3 Å². The smallest absolute Gasteiger partial charge is 0.416 e. The molecule has 0 saturated carbocycles. The van der Waals surface area contributed by atoms with E-state index in [1.165, 1.54) is 7.11 Å². The number of carbonyl (C=O) groups excluding carboxylic acids is 1. The highest BCUT2D eigenvalue weighted by molar-refractivity contribution is 5.92. The number of ether oxygens (including phenoxy) is 1. The van der Waals surface area contributed by atoms with E-state index in [1.807, 2.05) is 0 Å². The molecule has 0 radical (unpaired) electrons. The predicted octanol–water partition coefficient (Wildman–Crippen LogP) is 4.03. The minimum Gasteiger partial charge on any atom is -0.497 e. The average Bonchev–Trinajstić information content (AvgIpc) is 2.49. The minimum atomic E-state index is -4.61. The summed E-state index contributed by atoms with van der Waals surface area (Å²) < 4.78 is 56.4. The van der Waals surface area contributed by atoms with Crippen LogP contribution in [0.1, 0.15) is 11.1 Å². The molecule has 0 atom stereocenters. The fourth-order valence-corrected chi connectivity index (χ4v) is 1.92. The molecular formula is C16H13F4NO2. The van der Waals surface area contributed by atoms with Gasteiger partial charge in [-0.2, -0.15) is 13.2 Å². The highest BCUT2D eigenvalue weighted by Crippen LogP contribution is 2.31. The molecule has 0 heterocycles. The number of benzene rings is 2. The first-order valence-electron chi connectivity index (χ1n) is 6.59. The lowest BCUT2D eigenvalue weighted by Crippen LogP contribution is -2.16. The molecule has 0 unspecified atom stereocenters. The third kappa shape index (κ3) is 4.45. The van der Waals surface area contributed by atoms with E-state index in [1.54, 1.807) is 24.3 Å². The van der Waals surface area contributed by atoms with Gasteiger partial charge in [-0.3, -0.25) is 4.79 Å². The van der Waals surface area contributed by atoms with Crippen molar-refractivity contribution >= 4 is 11.6 Å². The van der Waals surface area contributed by atoms with Crippen LogP contribution in [0.5, 0.6) is 5.75 Å². The molecule has 2 aromatic carbocycles. The van der Waals surface area contributed by atoms with E-state index in [-0.39, 0.29) is 6.42 Å². The quantitative estimate of drug-likeness (QED) is 0.861. The van der Waals surface area contributed by atoms with E-state index in [2.05, 4.69) is 5.32 Å². The molecule has 0 spiro atoms. The van der Waals surface area contributed by atoms with Crippen molar-refractivity contribution in [2.45, 2.75) is 12.6 Å². The summed E-state index contributed by atoms with van der Waals surface area (Å²) in [5.41, 5.74) is -0.910. The van der Waals surface area contributed by atoms with Crippen LogP contribution < -0.4 is 10.1 Å². The Morgan fingerprint density at radius 1 is 1.13 bits per heavy atom. The van der Waals surface area contributed by atoms with Gasteiger partial charge in [0, 0.05) is 0 Å². The van der Waals surface area contributed by atoms with Gasteiger partial charge in [-0.05, 0) is 35.9 Å². The lowest BCUT2D eigenvalue weighted by Gasteiger charge is -2.11. The van der Waals surface area contributed by atoms with E-state index in [4.69, 9.17) is 4.74 Å². The molecule has 1 amide bonds. The second-order valence-electron chi connectivity index (χ2n) is 4.77. The molecule has 1 N–H and O–H groups in total. The van der Waals surface area contributed by atoms with Gasteiger partial charge in [-0.25, -0.2) is 4.39 Å². The number of rotatable bonds is 4. The molecule has 0 bridgehead atoms. The van der Waals surface area contributed by atoms with Crippen LogP contribution in [-0.4, -0.2) is 13.0 Å². The van der Waals surface area contributed by atoms with Crippen LogP contribution in [0.25, 0.3) is 0 Å². The van der Waals surface area contributed by atoms with Crippen LogP contribution in [0.4, 0.5) is 23.2 Å². The number of alkyl halides is 3. The Hall–Kier alpha value is -2.57. The number of hydrogen-bond acceptors (Lipinski definition) is 2. The molecule has 0 aliphatic carbocycles. The Bertz CT molecular complexity index is 696. The van der Waals surface area contributed by atoms with Crippen molar-refractivity contribution in [1.82, 2.24) is 0 Å². The summed E-state index contributed by atoms with van der Waals surface area (Å²) in [6.07, 6.45) is -4.71. The maximum Gasteiger partial charge on any atom is 0.416 e. The molecule has 3 nitrogen and oxygen atoms in total. The minimum absolute atomic E-state index is 0.0975. The third-order valence-electron chi connectivity index (χ3n) is 3.09. The second kappa shape index (κ2) is 6.68. The number of amides is 1. The number of carbonyl (C=O) groups is 1. The highest BCUT2D eigenvalue weighted by Gasteiger charge is 2.31. The van der Waals surface area contributed by atoms with Crippen molar-refractivity contribution < 1.29 is 27.1 Å². The van der Waals surface area contributed by atoms with Gasteiger partial charge in [0.15, 0.2) is 0 Å². The van der Waals surface area contributed by atoms with Crippen molar-refractivity contribution in [3.8, 4) is 5.75 Å². The van der Waals surface area contributed by atoms with Crippen LogP contribution in [0.15, 0.2) is 42.5 Å². The SMILES string of the molecule is COc1ccc(CC(=O)Nc2cc(C(F)(F)F)ccc2F)cc1. The van der Waals surface area contributed by atoms with Crippen LogP contribution >= 0.6 is 0 Å². The number of halogens is 4. The lowest BCUT2D eigenvalue weighted by molar-refractivity contribution is -0.137. The molecular weight excluding hydrogens is 314 g/mol. The molecule has 23 heavy (non-hydrogen) atoms. The molecule has 7 heteroatoms. The van der Waals surface area contributed by atoms with Crippen molar-refractivity contribution in [2.75, 3.05) is 12.4 Å². The molecule has 0 saturated heterocycles. The molecule has 2 rings (SSSR count). The zero-order valence-corrected chi connectivity index (χ0v) is 12.1. The number of methoxy groups -OCH3 is 1. The number of anilines is 1. The first-order valence-corrected chi connectivity index (χ1v) is 6.59. The Balaban J connectivity index is 2.10. The summed E-state index contributed by atoms with van der Waals surface area (Å²) in [5, 5.41) is 2.15. The summed E-state index contributed by atoms with van der Waals surface area (Å²) in [7, 11) is 1.50. The van der Waals surface area contributed by atoms with Crippen LogP contribution in [0, 0.1) is 5.82 Å². The van der Waals surface area contributed by atoms with Gasteiger partial charge in [0.05, 0.1) is 24.8 Å². The van der Waals surface area contributed by atoms with Gasteiger partial charge in [0.2, 0.25) is 5.91 Å². The summed E-state index contributed by atoms with van der Waals surface area (Å²) >= 11 is 0. The number of nitrogens with one attached hydrogen (secondary N) is 1. The van der Waals surface area contributed by atoms with Gasteiger partial charge >= 0.3 is 6.18 Å². The van der Waals surface area contributed by atoms with E-state index in [0.29, 0.717) is 29.5 Å². The number of hydrogen-bond donors (Lipinski definition) is 1. The van der Waals surface area contributed by atoms with Crippen molar-refractivity contribution in [2.24, 2.45) is 0 Å². The molecule has 0 aliphatic rings. The zero-order valence-electron chi connectivity index (χ0n) is 12.1. The summed E-state index contributed by atoms with van der Waals surface area (Å²) in [6, 6.07) is 8.43. The maximum atomic E-state index is 13.6. The lowest BCUT2D eigenvalue weighted by atomic mass is 10.1. The fraction of sp³-hybridized carbons (Fsp3) is 0.188. The molecule has 2 aromatic rings. The summed E-state index contributed by atoms with van der Waals surface area (Å²) in [4.78, 5) is 11.9. The second-order valence-corrected chi connectivity index (χ2v) is 4.77. The van der Waals surface area contributed by atoms with Crippen LogP contribution in [0.2, 0.25) is 0 Å². The maximum absolute atomic E-state index is 13.6. The van der Waals surface area contributed by atoms with Crippen LogP contribution in [-0.2, 0) is 17.4 Å². The van der Waals surface area contributed by atoms with Gasteiger partial charge in [-0.1, -0.05) is 12.1 Å². The summed E-state index contributed by atoms with van der Waals surface area (Å²) in [6.45, 7) is 0. The molecule has 0 fully saturated rings. The standard InChI is InChI=1S/C16H13F4NO2/c1-23-12-5-2-10(3-6-12)8-15(22)21-14-9-11(16(18,19)20)4-7-13(14)17/h2-7,9H,8H2,1H3,(H,21,22). The largest absolute Gasteiger partial charge is 0.497 e. The molecule has 122 valence electrons. The van der Waals surface area contributed by atoms with Gasteiger partial charge < -0.3 is 10.1 Å². The van der Waals surface area contributed by atoms with Crippen molar-refractivity contribution in [3.05, 3.63) is 59.4 Å². The third-order valence-corrected chi connectivity index (χ3v) is 3.09. The Labute approximate surface area is 129 Å². The van der Waals surface area contributed by atoms with Crippen LogP contribution in [0.3, 0.4) is 0 Å². The van der Waals surface area contributed by atoms with E-state index < -0.39 is 29.2 Å². The van der Waals surface area contributed by atoms with Crippen molar-refractivity contribution in [1.29, 1.82) is 0 Å². The molecule has 0 aromatic heterocycles. The first-order chi connectivity index (χ1) is 10.8. The van der Waals surface area contributed by atoms with E-state index in [0.717, 1.165) is 0 Å². The van der Waals surface area contributed by atoms with E-state index >= 15 is 0 Å². The summed E-state index contributed by atoms with van der Waals surface area (Å²) in [5.74, 6) is -0.937. The van der Waals surface area contributed by atoms with Gasteiger partial charge in [0.25, 0.3) is 0 Å². The predicted molar refractivity (Wildman–Crippen MR) is 76.7 cm³/mol. The van der Waals surface area contributed by atoms with Gasteiger partial charge in [0.1, 0.15) is 11.6 Å². The van der Waals surface area contributed by atoms with E-state index in [9.17, 15) is 22.4 Å². The Morgan fingerprint density at radius 2 is 1.78 bits per heavy atom. The first kappa shape index (κ1) is 16.8.